The van der Waals surface area contributed by atoms with Gasteiger partial charge in [0.25, 0.3) is 16.0 Å². The minimum atomic E-state index is -4.09. The predicted molar refractivity (Wildman–Crippen MR) is 165 cm³/mol. The summed E-state index contributed by atoms with van der Waals surface area (Å²) in [5.41, 5.74) is 1.75. The van der Waals surface area contributed by atoms with Crippen LogP contribution in [0.4, 0.5) is 5.69 Å². The minimum Gasteiger partial charge on any atom is -0.345 e. The second-order valence-electron chi connectivity index (χ2n) is 9.16. The number of thiocarbonyl (C=S) groups is 1. The molecule has 40 heavy (non-hydrogen) atoms. The number of hydrogen-bond donors (Lipinski definition) is 1. The minimum absolute atomic E-state index is 0.0635. The third kappa shape index (κ3) is 8.56. The maximum atomic E-state index is 12.8. The highest BCUT2D eigenvalue weighted by molar-refractivity contribution is 8.03. The molecule has 3 rings (SSSR count). The van der Waals surface area contributed by atoms with Gasteiger partial charge in [-0.25, -0.2) is 0 Å². The first-order valence-corrected chi connectivity index (χ1v) is 16.5. The number of para-hydroxylation sites is 1. The van der Waals surface area contributed by atoms with Crippen LogP contribution >= 0.6 is 35.6 Å². The molecule has 0 unspecified atom stereocenters. The summed E-state index contributed by atoms with van der Waals surface area (Å²) in [6, 6.07) is 8.07. The van der Waals surface area contributed by atoms with E-state index in [9.17, 15) is 18.0 Å². The molecule has 2 amide bonds. The number of amides is 2. The van der Waals surface area contributed by atoms with E-state index < -0.39 is 15.9 Å². The second-order valence-corrected chi connectivity index (χ2v) is 12.4. The average Bonchev–Trinajstić information content (AvgIpc) is 3.27. The topological polar surface area (TPSA) is 101 Å². The molecular weight excluding hydrogens is 592 g/mol. The summed E-state index contributed by atoms with van der Waals surface area (Å²) in [5, 5.41) is 1.58. The van der Waals surface area contributed by atoms with Crippen LogP contribution in [-0.4, -0.2) is 95.5 Å². The number of nitrogens with zero attached hydrogens (tertiary/aromatic N) is 4. The number of anilines is 1. The van der Waals surface area contributed by atoms with Gasteiger partial charge in [-0.1, -0.05) is 42.1 Å². The van der Waals surface area contributed by atoms with Crippen molar-refractivity contribution in [3.8, 4) is 0 Å². The van der Waals surface area contributed by atoms with Crippen LogP contribution in [0.25, 0.3) is 0 Å². The highest BCUT2D eigenvalue weighted by Gasteiger charge is 2.30. The zero-order valence-electron chi connectivity index (χ0n) is 22.7. The SMILES string of the molecule is CCN1C\C(=C/C=C/C=C2\Sc3ccccc3N2CCCN(CCCS(=O)(=O)O)C(=O)CCl)C(=O)N(CC)C1=S. The molecule has 0 aliphatic carbocycles. The third-order valence-electron chi connectivity index (χ3n) is 6.47. The summed E-state index contributed by atoms with van der Waals surface area (Å²) in [7, 11) is -4.09. The molecule has 2 heterocycles. The summed E-state index contributed by atoms with van der Waals surface area (Å²) in [6.07, 6.45) is 8.39. The fourth-order valence-corrected chi connectivity index (χ4v) is 6.61. The van der Waals surface area contributed by atoms with Crippen molar-refractivity contribution in [2.45, 2.75) is 31.6 Å². The van der Waals surface area contributed by atoms with Gasteiger partial charge in [-0.05, 0) is 57.1 Å². The Bertz CT molecular complexity index is 1300. The lowest BCUT2D eigenvalue weighted by Crippen LogP contribution is -2.53. The molecule has 2 aliphatic heterocycles. The highest BCUT2D eigenvalue weighted by Crippen LogP contribution is 2.45. The van der Waals surface area contributed by atoms with Crippen molar-refractivity contribution in [3.05, 3.63) is 59.2 Å². The molecule has 1 fully saturated rings. The van der Waals surface area contributed by atoms with Gasteiger partial charge in [-0.2, -0.15) is 8.42 Å². The second kappa shape index (κ2) is 15.0. The van der Waals surface area contributed by atoms with Gasteiger partial charge >= 0.3 is 0 Å². The van der Waals surface area contributed by atoms with E-state index in [4.69, 9.17) is 28.4 Å². The van der Waals surface area contributed by atoms with Gasteiger partial charge in [0.15, 0.2) is 5.11 Å². The number of benzene rings is 1. The number of carbonyl (C=O) groups is 2. The van der Waals surface area contributed by atoms with Gasteiger partial charge in [0.1, 0.15) is 5.88 Å². The van der Waals surface area contributed by atoms with Crippen molar-refractivity contribution >= 4 is 68.3 Å². The normalized spacial score (nSPS) is 17.9. The lowest BCUT2D eigenvalue weighted by Gasteiger charge is -2.37. The molecule has 1 aromatic carbocycles. The quantitative estimate of drug-likeness (QED) is 0.150. The fourth-order valence-electron chi connectivity index (χ4n) is 4.44. The maximum Gasteiger partial charge on any atom is 0.264 e. The van der Waals surface area contributed by atoms with Crippen LogP contribution in [0.5, 0.6) is 0 Å². The van der Waals surface area contributed by atoms with E-state index in [0.29, 0.717) is 43.3 Å². The molecule has 1 N–H and O–H groups in total. The molecule has 13 heteroatoms. The number of alkyl halides is 1. The van der Waals surface area contributed by atoms with E-state index in [0.717, 1.165) is 22.2 Å². The molecule has 1 aromatic rings. The Hall–Kier alpha value is -2.38. The van der Waals surface area contributed by atoms with Gasteiger partial charge < -0.3 is 14.7 Å². The molecule has 9 nitrogen and oxygen atoms in total. The number of fused-ring (bicyclic) bond motifs is 1. The van der Waals surface area contributed by atoms with Crippen LogP contribution in [0.3, 0.4) is 0 Å². The lowest BCUT2D eigenvalue weighted by molar-refractivity contribution is -0.128. The third-order valence-corrected chi connectivity index (χ3v) is 9.11. The van der Waals surface area contributed by atoms with Gasteiger partial charge in [-0.3, -0.25) is 19.0 Å². The number of thioether (sulfide) groups is 1. The zero-order chi connectivity index (χ0) is 29.3. The molecule has 0 saturated carbocycles. The first-order valence-electron chi connectivity index (χ1n) is 13.1. The molecular formula is C27H35ClN4O5S3. The van der Waals surface area contributed by atoms with Gasteiger partial charge in [0.05, 0.1) is 23.0 Å². The first-order chi connectivity index (χ1) is 19.1. The van der Waals surface area contributed by atoms with Crippen molar-refractivity contribution < 1.29 is 22.6 Å². The predicted octanol–water partition coefficient (Wildman–Crippen LogP) is 4.13. The van der Waals surface area contributed by atoms with Gasteiger partial charge in [-0.15, -0.1) is 11.6 Å². The Kier molecular flexibility index (Phi) is 12.1. The molecule has 0 bridgehead atoms. The molecule has 0 atom stereocenters. The van der Waals surface area contributed by atoms with Crippen LogP contribution in [-0.2, 0) is 19.7 Å². The average molecular weight is 627 g/mol. The van der Waals surface area contributed by atoms with Crippen LogP contribution in [0.2, 0.25) is 0 Å². The largest absolute Gasteiger partial charge is 0.345 e. The number of halogens is 1. The van der Waals surface area contributed by atoms with Crippen LogP contribution in [0.15, 0.2) is 64.1 Å². The van der Waals surface area contributed by atoms with Crippen molar-refractivity contribution in [1.82, 2.24) is 14.7 Å². The van der Waals surface area contributed by atoms with E-state index in [1.807, 2.05) is 61.3 Å². The Labute approximate surface area is 251 Å². The molecule has 0 radical (unpaired) electrons. The van der Waals surface area contributed by atoms with Crippen LogP contribution in [0, 0.1) is 0 Å². The van der Waals surface area contributed by atoms with Crippen molar-refractivity contribution in [1.29, 1.82) is 0 Å². The summed E-state index contributed by atoms with van der Waals surface area (Å²) in [5.74, 6) is -0.941. The molecule has 218 valence electrons. The number of hydrogen-bond acceptors (Lipinski definition) is 7. The Morgan fingerprint density at radius 2 is 1.82 bits per heavy atom. The first kappa shape index (κ1) is 32.1. The lowest BCUT2D eigenvalue weighted by atomic mass is 10.1. The molecule has 0 aromatic heterocycles. The molecule has 0 spiro atoms. The van der Waals surface area contributed by atoms with Crippen molar-refractivity contribution in [3.63, 3.8) is 0 Å². The highest BCUT2D eigenvalue weighted by atomic mass is 35.5. The standard InChI is InChI=1S/C27H35ClN4O5S3/c1-3-29-20-21(26(34)31(4-2)27(29)38)11-5-8-14-25-32(22-12-6-7-13-23(22)39-25)17-9-15-30(24(33)19-28)16-10-18-40(35,36)37/h5-8,11-14H,3-4,9-10,15-20H2,1-2H3,(H,35,36,37)/b8-5+,21-11+,25-14-. The summed E-state index contributed by atoms with van der Waals surface area (Å²) in [6.45, 7) is 6.90. The summed E-state index contributed by atoms with van der Waals surface area (Å²) < 4.78 is 31.1. The number of rotatable bonds is 13. The maximum absolute atomic E-state index is 12.8. The fraction of sp³-hybridized carbons (Fsp3) is 0.444. The Morgan fingerprint density at radius 3 is 2.50 bits per heavy atom. The van der Waals surface area contributed by atoms with Crippen LogP contribution in [0.1, 0.15) is 26.7 Å². The van der Waals surface area contributed by atoms with E-state index >= 15 is 0 Å². The van der Waals surface area contributed by atoms with E-state index in [1.165, 1.54) is 4.90 Å². The smallest absolute Gasteiger partial charge is 0.264 e. The van der Waals surface area contributed by atoms with Crippen LogP contribution < -0.4 is 4.90 Å². The zero-order valence-corrected chi connectivity index (χ0v) is 25.9. The van der Waals surface area contributed by atoms with Crippen molar-refractivity contribution in [2.24, 2.45) is 0 Å². The van der Waals surface area contributed by atoms with Gasteiger partial charge in [0.2, 0.25) is 5.91 Å². The Morgan fingerprint density at radius 1 is 1.12 bits per heavy atom. The summed E-state index contributed by atoms with van der Waals surface area (Å²) >= 11 is 12.8. The van der Waals surface area contributed by atoms with Gasteiger partial charge in [0, 0.05) is 43.2 Å². The Balaban J connectivity index is 1.70. The number of likely N-dealkylation sites (N-methyl/N-ethyl adjacent to an activating group) is 2. The number of carbonyl (C=O) groups excluding carboxylic acids is 2. The molecule has 1 saturated heterocycles. The van der Waals surface area contributed by atoms with E-state index in [-0.39, 0.29) is 30.7 Å². The monoisotopic (exact) mass is 626 g/mol. The molecule has 2 aliphatic rings. The van der Waals surface area contributed by atoms with E-state index in [2.05, 4.69) is 11.0 Å². The number of allylic oxidation sites excluding steroid dienone is 4. The van der Waals surface area contributed by atoms with E-state index in [1.54, 1.807) is 16.7 Å². The van der Waals surface area contributed by atoms with Crippen molar-refractivity contribution in [2.75, 3.05) is 55.8 Å². The summed E-state index contributed by atoms with van der Waals surface area (Å²) in [4.78, 5) is 33.6.